The molecular formula is C14H17N3O4. The van der Waals surface area contributed by atoms with Gasteiger partial charge in [-0.1, -0.05) is 6.92 Å². The van der Waals surface area contributed by atoms with Gasteiger partial charge in [0.25, 0.3) is 5.91 Å². The number of hydrogen-bond donors (Lipinski definition) is 1. The second-order valence-electron chi connectivity index (χ2n) is 4.50. The van der Waals surface area contributed by atoms with E-state index in [1.165, 1.54) is 11.8 Å². The van der Waals surface area contributed by atoms with Crippen LogP contribution in [0.5, 0.6) is 0 Å². The van der Waals surface area contributed by atoms with Gasteiger partial charge in [0.15, 0.2) is 11.6 Å². The van der Waals surface area contributed by atoms with E-state index in [2.05, 4.69) is 15.2 Å². The molecule has 1 amide bonds. The van der Waals surface area contributed by atoms with E-state index in [0.29, 0.717) is 5.82 Å². The molecule has 0 saturated heterocycles. The molecule has 0 unspecified atom stereocenters. The minimum Gasteiger partial charge on any atom is -0.468 e. The van der Waals surface area contributed by atoms with Gasteiger partial charge in [0.2, 0.25) is 0 Å². The van der Waals surface area contributed by atoms with Gasteiger partial charge in [-0.25, -0.2) is 0 Å². The van der Waals surface area contributed by atoms with E-state index in [-0.39, 0.29) is 18.2 Å². The quantitative estimate of drug-likeness (QED) is 0.848. The van der Waals surface area contributed by atoms with Crippen LogP contribution in [0.4, 0.5) is 5.82 Å². The number of furan rings is 1. The maximum absolute atomic E-state index is 12.0. The van der Waals surface area contributed by atoms with Crippen LogP contribution in [0.1, 0.15) is 28.8 Å². The topological polar surface area (TPSA) is 86.4 Å². The van der Waals surface area contributed by atoms with Crippen molar-refractivity contribution in [2.75, 3.05) is 12.4 Å². The van der Waals surface area contributed by atoms with Gasteiger partial charge >= 0.3 is 5.97 Å². The van der Waals surface area contributed by atoms with Crippen molar-refractivity contribution in [3.63, 3.8) is 0 Å². The van der Waals surface area contributed by atoms with Crippen LogP contribution in [-0.2, 0) is 22.5 Å². The summed E-state index contributed by atoms with van der Waals surface area (Å²) in [4.78, 5) is 23.2. The van der Waals surface area contributed by atoms with Crippen LogP contribution in [0.25, 0.3) is 0 Å². The number of ether oxygens (including phenoxy) is 1. The summed E-state index contributed by atoms with van der Waals surface area (Å²) in [5, 5.41) is 6.67. The van der Waals surface area contributed by atoms with Crippen molar-refractivity contribution >= 4 is 17.7 Å². The Morgan fingerprint density at radius 2 is 2.24 bits per heavy atom. The molecule has 0 fully saturated rings. The van der Waals surface area contributed by atoms with E-state index in [4.69, 9.17) is 4.42 Å². The van der Waals surface area contributed by atoms with Crippen LogP contribution >= 0.6 is 0 Å². The molecule has 7 nitrogen and oxygen atoms in total. The van der Waals surface area contributed by atoms with E-state index in [1.807, 2.05) is 13.8 Å². The molecule has 2 aromatic rings. The Hall–Kier alpha value is -2.57. The summed E-state index contributed by atoms with van der Waals surface area (Å²) in [5.41, 5.74) is 0.943. The number of anilines is 1. The average molecular weight is 291 g/mol. The molecule has 0 aliphatic rings. The standard InChI is InChI=1S/C14H17N3O4/c1-4-10-9(2)7-11(21-10)14(19)15-12-5-6-17(16-12)8-13(18)20-3/h5-7H,4,8H2,1-3H3,(H,15,16,19). The minimum absolute atomic E-state index is 0.00772. The number of nitrogens with one attached hydrogen (secondary N) is 1. The molecule has 2 rings (SSSR count). The summed E-state index contributed by atoms with van der Waals surface area (Å²) >= 11 is 0. The van der Waals surface area contributed by atoms with Crippen molar-refractivity contribution < 1.29 is 18.7 Å². The minimum atomic E-state index is -0.412. The number of carbonyl (C=O) groups excluding carboxylic acids is 2. The van der Waals surface area contributed by atoms with Gasteiger partial charge in [0.1, 0.15) is 12.3 Å². The van der Waals surface area contributed by atoms with Crippen LogP contribution in [0.3, 0.4) is 0 Å². The lowest BCUT2D eigenvalue weighted by molar-refractivity contribution is -0.141. The van der Waals surface area contributed by atoms with Gasteiger partial charge in [0.05, 0.1) is 7.11 Å². The Balaban J connectivity index is 2.03. The lowest BCUT2D eigenvalue weighted by Gasteiger charge is -2.00. The van der Waals surface area contributed by atoms with Gasteiger partial charge in [-0.05, 0) is 18.6 Å². The third-order valence-corrected chi connectivity index (χ3v) is 2.97. The third-order valence-electron chi connectivity index (χ3n) is 2.97. The molecule has 0 aliphatic carbocycles. The Morgan fingerprint density at radius 3 is 2.86 bits per heavy atom. The highest BCUT2D eigenvalue weighted by atomic mass is 16.5. The number of aromatic nitrogens is 2. The second-order valence-corrected chi connectivity index (χ2v) is 4.50. The summed E-state index contributed by atoms with van der Waals surface area (Å²) in [6, 6.07) is 3.29. The van der Waals surface area contributed by atoms with Crippen LogP contribution < -0.4 is 5.32 Å². The molecule has 1 N–H and O–H groups in total. The van der Waals surface area contributed by atoms with Crippen LogP contribution in [-0.4, -0.2) is 28.8 Å². The molecule has 2 heterocycles. The Bertz CT molecular complexity index is 657. The van der Waals surface area contributed by atoms with Crippen LogP contribution in [0.15, 0.2) is 22.7 Å². The largest absolute Gasteiger partial charge is 0.468 e. The van der Waals surface area contributed by atoms with E-state index in [1.54, 1.807) is 18.3 Å². The SMILES string of the molecule is CCc1oc(C(=O)Nc2ccn(CC(=O)OC)n2)cc1C. The average Bonchev–Trinajstić information content (AvgIpc) is 3.05. The molecule has 112 valence electrons. The van der Waals surface area contributed by atoms with Gasteiger partial charge in [-0.2, -0.15) is 5.10 Å². The Morgan fingerprint density at radius 1 is 1.48 bits per heavy atom. The summed E-state index contributed by atoms with van der Waals surface area (Å²) in [6.45, 7) is 3.85. The maximum Gasteiger partial charge on any atom is 0.327 e. The van der Waals surface area contributed by atoms with E-state index in [9.17, 15) is 9.59 Å². The molecule has 0 saturated carbocycles. The van der Waals surface area contributed by atoms with Crippen molar-refractivity contribution in [1.82, 2.24) is 9.78 Å². The predicted molar refractivity (Wildman–Crippen MR) is 75.0 cm³/mol. The molecule has 2 aromatic heterocycles. The lowest BCUT2D eigenvalue weighted by Crippen LogP contribution is -2.14. The Labute approximate surface area is 121 Å². The molecule has 21 heavy (non-hydrogen) atoms. The second kappa shape index (κ2) is 6.25. The smallest absolute Gasteiger partial charge is 0.327 e. The summed E-state index contributed by atoms with van der Waals surface area (Å²) in [7, 11) is 1.30. The first-order valence-corrected chi connectivity index (χ1v) is 6.54. The number of aryl methyl sites for hydroxylation is 2. The van der Waals surface area contributed by atoms with E-state index >= 15 is 0 Å². The number of amides is 1. The third kappa shape index (κ3) is 3.50. The van der Waals surface area contributed by atoms with Crippen LogP contribution in [0.2, 0.25) is 0 Å². The fourth-order valence-electron chi connectivity index (χ4n) is 1.87. The zero-order chi connectivity index (χ0) is 15.4. The molecule has 0 radical (unpaired) electrons. The molecular weight excluding hydrogens is 274 g/mol. The normalized spacial score (nSPS) is 10.4. The molecule has 0 spiro atoms. The van der Waals surface area contributed by atoms with Crippen molar-refractivity contribution in [3.05, 3.63) is 35.4 Å². The lowest BCUT2D eigenvalue weighted by atomic mass is 10.2. The number of hydrogen-bond acceptors (Lipinski definition) is 5. The maximum atomic E-state index is 12.0. The molecule has 0 aromatic carbocycles. The first kappa shape index (κ1) is 14.8. The van der Waals surface area contributed by atoms with Crippen molar-refractivity contribution in [3.8, 4) is 0 Å². The number of methoxy groups -OCH3 is 1. The molecule has 7 heteroatoms. The van der Waals surface area contributed by atoms with Gasteiger partial charge in [-0.3, -0.25) is 14.3 Å². The van der Waals surface area contributed by atoms with Crippen LogP contribution in [0, 0.1) is 6.92 Å². The monoisotopic (exact) mass is 291 g/mol. The van der Waals surface area contributed by atoms with Crippen molar-refractivity contribution in [1.29, 1.82) is 0 Å². The fraction of sp³-hybridized carbons (Fsp3) is 0.357. The zero-order valence-electron chi connectivity index (χ0n) is 12.2. The number of esters is 1. The first-order chi connectivity index (χ1) is 10.0. The van der Waals surface area contributed by atoms with Gasteiger partial charge in [-0.15, -0.1) is 0 Å². The highest BCUT2D eigenvalue weighted by molar-refractivity contribution is 6.01. The van der Waals surface area contributed by atoms with Gasteiger partial charge in [0, 0.05) is 18.7 Å². The van der Waals surface area contributed by atoms with Gasteiger partial charge < -0.3 is 14.5 Å². The number of rotatable bonds is 5. The molecule has 0 atom stereocenters. The highest BCUT2D eigenvalue weighted by Crippen LogP contribution is 2.16. The summed E-state index contributed by atoms with van der Waals surface area (Å²) in [6.07, 6.45) is 2.31. The summed E-state index contributed by atoms with van der Waals surface area (Å²) < 4.78 is 11.4. The van der Waals surface area contributed by atoms with Crippen molar-refractivity contribution in [2.24, 2.45) is 0 Å². The molecule has 0 bridgehead atoms. The molecule has 0 aliphatic heterocycles. The predicted octanol–water partition coefficient (Wildman–Crippen LogP) is 1.77. The van der Waals surface area contributed by atoms with Crippen molar-refractivity contribution in [2.45, 2.75) is 26.8 Å². The first-order valence-electron chi connectivity index (χ1n) is 6.54. The number of nitrogens with zero attached hydrogens (tertiary/aromatic N) is 2. The number of carbonyl (C=O) groups is 2. The fourth-order valence-corrected chi connectivity index (χ4v) is 1.87. The Kier molecular flexibility index (Phi) is 4.42. The zero-order valence-corrected chi connectivity index (χ0v) is 12.2. The summed E-state index contributed by atoms with van der Waals surface area (Å²) in [5.74, 6) is 0.589. The highest BCUT2D eigenvalue weighted by Gasteiger charge is 2.15. The van der Waals surface area contributed by atoms with E-state index < -0.39 is 5.97 Å². The van der Waals surface area contributed by atoms with E-state index in [0.717, 1.165) is 17.7 Å².